The molecule has 0 aliphatic carbocycles. The quantitative estimate of drug-likeness (QED) is 0.336. The third kappa shape index (κ3) is 5.03. The van der Waals surface area contributed by atoms with E-state index in [1.807, 2.05) is 54.8 Å². The minimum Gasteiger partial charge on any atom is -0.495 e. The van der Waals surface area contributed by atoms with E-state index in [1.165, 1.54) is 23.8 Å². The van der Waals surface area contributed by atoms with Crippen LogP contribution in [-0.4, -0.2) is 28.0 Å². The Kier molecular flexibility index (Phi) is 6.92. The van der Waals surface area contributed by atoms with Gasteiger partial charge in [-0.2, -0.15) is 0 Å². The molecule has 8 heteroatoms. The van der Waals surface area contributed by atoms with Crippen molar-refractivity contribution < 1.29 is 9.53 Å². The van der Waals surface area contributed by atoms with Gasteiger partial charge in [0.25, 0.3) is 0 Å². The molecule has 0 fully saturated rings. The highest BCUT2D eigenvalue weighted by molar-refractivity contribution is 7.98. The van der Waals surface area contributed by atoms with E-state index in [0.29, 0.717) is 22.3 Å². The number of nitrogens with one attached hydrogen (secondary N) is 1. The molecule has 6 nitrogen and oxygen atoms in total. The first-order valence-electron chi connectivity index (χ1n) is 10.2. The molecule has 0 radical (unpaired) electrons. The van der Waals surface area contributed by atoms with Gasteiger partial charge in [0.1, 0.15) is 5.75 Å². The molecule has 0 saturated carbocycles. The van der Waals surface area contributed by atoms with Crippen LogP contribution in [0.15, 0.2) is 65.1 Å². The highest BCUT2D eigenvalue weighted by atomic mass is 32.2. The van der Waals surface area contributed by atoms with Crippen molar-refractivity contribution in [2.45, 2.75) is 31.2 Å². The summed E-state index contributed by atoms with van der Waals surface area (Å²) in [7, 11) is 1.60. The predicted octanol–water partition coefficient (Wildman–Crippen LogP) is 5.75. The van der Waals surface area contributed by atoms with E-state index in [1.54, 1.807) is 23.8 Å². The smallest absolute Gasteiger partial charge is 0.230 e. The molecule has 1 N–H and O–H groups in total. The Labute approximate surface area is 195 Å². The van der Waals surface area contributed by atoms with Gasteiger partial charge in [-0.3, -0.25) is 9.69 Å². The fraction of sp³-hybridized carbons (Fsp3) is 0.208. The molecular formula is C24H24N4O2S2. The summed E-state index contributed by atoms with van der Waals surface area (Å²) in [5, 5.41) is 3.48. The van der Waals surface area contributed by atoms with Gasteiger partial charge in [-0.1, -0.05) is 54.2 Å². The number of carbonyl (C=O) groups excluding carboxylic acids is 1. The maximum atomic E-state index is 12.4. The summed E-state index contributed by atoms with van der Waals surface area (Å²) in [6.45, 7) is 3.58. The van der Waals surface area contributed by atoms with Crippen molar-refractivity contribution in [3.05, 3.63) is 82.6 Å². The maximum absolute atomic E-state index is 12.4. The number of methoxy groups -OCH3 is 1. The molecule has 0 aliphatic rings. The van der Waals surface area contributed by atoms with Gasteiger partial charge in [0.05, 0.1) is 24.2 Å². The van der Waals surface area contributed by atoms with Crippen LogP contribution >= 0.6 is 23.1 Å². The molecule has 0 spiro atoms. The van der Waals surface area contributed by atoms with E-state index in [-0.39, 0.29) is 5.91 Å². The molecule has 2 heterocycles. The number of para-hydroxylation sites is 2. The molecule has 0 unspecified atom stereocenters. The number of aryl methyl sites for hydroxylation is 1. The zero-order valence-electron chi connectivity index (χ0n) is 18.2. The standard InChI is InChI=1S/C24H24N4O2S2/c1-16-20(13-18-9-5-4-6-10-18)27-23(25-16)31-14-19-15-32-24(26-19)28(17(2)29)21-11-7-8-12-22(21)30-3/h4-12,15H,13-14H2,1-3H3,(H,25,27). The second kappa shape index (κ2) is 10.0. The van der Waals surface area contributed by atoms with E-state index < -0.39 is 0 Å². The molecule has 4 aromatic rings. The number of hydrogen-bond donors (Lipinski definition) is 1. The van der Waals surface area contributed by atoms with Gasteiger partial charge >= 0.3 is 0 Å². The number of imidazole rings is 1. The lowest BCUT2D eigenvalue weighted by molar-refractivity contribution is -0.115. The Morgan fingerprint density at radius 1 is 1.12 bits per heavy atom. The summed E-state index contributed by atoms with van der Waals surface area (Å²) in [4.78, 5) is 26.8. The van der Waals surface area contributed by atoms with Gasteiger partial charge < -0.3 is 9.72 Å². The topological polar surface area (TPSA) is 71.1 Å². The Balaban J connectivity index is 1.46. The van der Waals surface area contributed by atoms with Crippen LogP contribution in [0.3, 0.4) is 0 Å². The number of benzene rings is 2. The summed E-state index contributed by atoms with van der Waals surface area (Å²) in [5.41, 5.74) is 4.95. The van der Waals surface area contributed by atoms with Crippen molar-refractivity contribution in [3.63, 3.8) is 0 Å². The normalized spacial score (nSPS) is 10.8. The molecule has 2 aromatic heterocycles. The van der Waals surface area contributed by atoms with Crippen LogP contribution in [0.5, 0.6) is 5.75 Å². The molecule has 32 heavy (non-hydrogen) atoms. The first-order chi connectivity index (χ1) is 15.5. The van der Waals surface area contributed by atoms with Gasteiger partial charge in [0.2, 0.25) is 5.91 Å². The fourth-order valence-electron chi connectivity index (χ4n) is 3.33. The number of amides is 1. The van der Waals surface area contributed by atoms with Crippen LogP contribution in [0.1, 0.15) is 29.6 Å². The van der Waals surface area contributed by atoms with Crippen LogP contribution in [0.25, 0.3) is 0 Å². The number of aromatic nitrogens is 3. The highest BCUT2D eigenvalue weighted by Crippen LogP contribution is 2.36. The minimum atomic E-state index is -0.115. The zero-order chi connectivity index (χ0) is 22.5. The number of carbonyl (C=O) groups is 1. The van der Waals surface area contributed by atoms with E-state index in [9.17, 15) is 4.79 Å². The van der Waals surface area contributed by atoms with Crippen LogP contribution in [0.4, 0.5) is 10.8 Å². The lowest BCUT2D eigenvalue weighted by Crippen LogP contribution is -2.23. The molecular weight excluding hydrogens is 440 g/mol. The summed E-state index contributed by atoms with van der Waals surface area (Å²) in [6, 6.07) is 17.8. The third-order valence-corrected chi connectivity index (χ3v) is 6.69. The first kappa shape index (κ1) is 22.1. The molecule has 4 rings (SSSR count). The van der Waals surface area contributed by atoms with Crippen LogP contribution in [-0.2, 0) is 17.0 Å². The third-order valence-electron chi connectivity index (χ3n) is 4.91. The lowest BCUT2D eigenvalue weighted by atomic mass is 10.1. The Morgan fingerprint density at radius 2 is 1.88 bits per heavy atom. The van der Waals surface area contributed by atoms with Crippen molar-refractivity contribution in [1.29, 1.82) is 0 Å². The summed E-state index contributed by atoms with van der Waals surface area (Å²) in [6.07, 6.45) is 0.803. The van der Waals surface area contributed by atoms with E-state index in [0.717, 1.165) is 28.7 Å². The number of thioether (sulfide) groups is 1. The monoisotopic (exact) mass is 464 g/mol. The van der Waals surface area contributed by atoms with Gasteiger partial charge in [-0.25, -0.2) is 9.97 Å². The number of ether oxygens (including phenoxy) is 1. The number of hydrogen-bond acceptors (Lipinski definition) is 6. The average molecular weight is 465 g/mol. The van der Waals surface area contributed by atoms with Crippen molar-refractivity contribution >= 4 is 39.8 Å². The molecule has 2 aromatic carbocycles. The van der Waals surface area contributed by atoms with Gasteiger partial charge in [0, 0.05) is 30.2 Å². The van der Waals surface area contributed by atoms with Crippen molar-refractivity contribution in [2.24, 2.45) is 0 Å². The summed E-state index contributed by atoms with van der Waals surface area (Å²) >= 11 is 3.05. The molecule has 0 saturated heterocycles. The first-order valence-corrected chi connectivity index (χ1v) is 12.0. The lowest BCUT2D eigenvalue weighted by Gasteiger charge is -2.20. The summed E-state index contributed by atoms with van der Waals surface area (Å²) in [5.74, 6) is 1.17. The molecule has 1 amide bonds. The van der Waals surface area contributed by atoms with E-state index >= 15 is 0 Å². The van der Waals surface area contributed by atoms with Crippen LogP contribution in [0.2, 0.25) is 0 Å². The molecule has 0 atom stereocenters. The average Bonchev–Trinajstić information content (AvgIpc) is 3.40. The second-order valence-corrected chi connectivity index (χ2v) is 9.01. The SMILES string of the molecule is COc1ccccc1N(C(C)=O)c1nc(CSc2nc(Cc3ccccc3)c(C)[nH]2)cs1. The Morgan fingerprint density at radius 3 is 2.62 bits per heavy atom. The maximum Gasteiger partial charge on any atom is 0.230 e. The molecule has 0 bridgehead atoms. The highest BCUT2D eigenvalue weighted by Gasteiger charge is 2.21. The van der Waals surface area contributed by atoms with Gasteiger partial charge in [-0.15, -0.1) is 11.3 Å². The van der Waals surface area contributed by atoms with Gasteiger partial charge in [0.15, 0.2) is 10.3 Å². The number of thiazole rings is 1. The number of rotatable bonds is 8. The van der Waals surface area contributed by atoms with Crippen molar-refractivity contribution in [3.8, 4) is 5.75 Å². The summed E-state index contributed by atoms with van der Waals surface area (Å²) < 4.78 is 5.43. The Bertz CT molecular complexity index is 1200. The van der Waals surface area contributed by atoms with Crippen LogP contribution in [0, 0.1) is 6.92 Å². The Hall–Kier alpha value is -3.10. The van der Waals surface area contributed by atoms with Crippen molar-refractivity contribution in [1.82, 2.24) is 15.0 Å². The van der Waals surface area contributed by atoms with Gasteiger partial charge in [-0.05, 0) is 24.6 Å². The number of nitrogens with zero attached hydrogens (tertiary/aromatic N) is 3. The molecule has 0 aliphatic heterocycles. The largest absolute Gasteiger partial charge is 0.495 e. The second-order valence-electron chi connectivity index (χ2n) is 7.21. The van der Waals surface area contributed by atoms with E-state index in [2.05, 4.69) is 17.1 Å². The fourth-order valence-corrected chi connectivity index (χ4v) is 5.14. The molecule has 164 valence electrons. The zero-order valence-corrected chi connectivity index (χ0v) is 19.8. The number of aromatic amines is 1. The predicted molar refractivity (Wildman–Crippen MR) is 130 cm³/mol. The van der Waals surface area contributed by atoms with E-state index in [4.69, 9.17) is 14.7 Å². The van der Waals surface area contributed by atoms with Crippen molar-refractivity contribution in [2.75, 3.05) is 12.0 Å². The van der Waals surface area contributed by atoms with Crippen LogP contribution < -0.4 is 9.64 Å². The number of H-pyrrole nitrogens is 1. The minimum absolute atomic E-state index is 0.115. The number of anilines is 2.